The molecule has 0 radical (unpaired) electrons. The van der Waals surface area contributed by atoms with Gasteiger partial charge < -0.3 is 19.4 Å². The summed E-state index contributed by atoms with van der Waals surface area (Å²) in [5, 5.41) is 8.57. The van der Waals surface area contributed by atoms with Gasteiger partial charge in [-0.25, -0.2) is 0 Å². The van der Waals surface area contributed by atoms with E-state index in [1.54, 1.807) is 13.2 Å². The number of nitrogens with zero attached hydrogens (tertiary/aromatic N) is 5. The number of rotatable bonds is 8. The van der Waals surface area contributed by atoms with Crippen LogP contribution in [0.2, 0.25) is 0 Å². The summed E-state index contributed by atoms with van der Waals surface area (Å²) >= 11 is 0. The molecule has 29 heavy (non-hydrogen) atoms. The standard InChI is InChI=1S/C22H31N5O2/c1-4-12-27(13-5-2)22(28)20-10-11-21(24-23-20)26-16-14-25(15-17-26)18-6-8-19(29-3)9-7-18/h6-11H,4-5,12-17H2,1-3H3. The first-order valence-electron chi connectivity index (χ1n) is 10.4. The number of benzene rings is 1. The number of hydrogen-bond acceptors (Lipinski definition) is 6. The zero-order valence-corrected chi connectivity index (χ0v) is 17.7. The van der Waals surface area contributed by atoms with E-state index in [4.69, 9.17) is 4.74 Å². The molecule has 0 saturated carbocycles. The van der Waals surface area contributed by atoms with Gasteiger partial charge >= 0.3 is 0 Å². The van der Waals surface area contributed by atoms with Gasteiger partial charge in [0.25, 0.3) is 5.91 Å². The van der Waals surface area contributed by atoms with Crippen molar-refractivity contribution in [2.75, 3.05) is 56.2 Å². The van der Waals surface area contributed by atoms with Crippen molar-refractivity contribution in [3.63, 3.8) is 0 Å². The van der Waals surface area contributed by atoms with Crippen molar-refractivity contribution < 1.29 is 9.53 Å². The number of aromatic nitrogens is 2. The van der Waals surface area contributed by atoms with E-state index in [2.05, 4.69) is 46.0 Å². The summed E-state index contributed by atoms with van der Waals surface area (Å²) in [6.07, 6.45) is 1.88. The molecule has 1 aromatic carbocycles. The minimum atomic E-state index is -0.0305. The van der Waals surface area contributed by atoms with Crippen LogP contribution in [0.25, 0.3) is 0 Å². The molecule has 7 nitrogen and oxygen atoms in total. The van der Waals surface area contributed by atoms with Crippen LogP contribution in [-0.2, 0) is 0 Å². The van der Waals surface area contributed by atoms with E-state index in [1.165, 1.54) is 5.69 Å². The van der Waals surface area contributed by atoms with Gasteiger partial charge in [0.15, 0.2) is 11.5 Å². The minimum absolute atomic E-state index is 0.0305. The van der Waals surface area contributed by atoms with E-state index in [0.717, 1.165) is 63.7 Å². The zero-order valence-electron chi connectivity index (χ0n) is 17.7. The average molecular weight is 398 g/mol. The van der Waals surface area contributed by atoms with Crippen LogP contribution in [0.1, 0.15) is 37.2 Å². The molecule has 156 valence electrons. The van der Waals surface area contributed by atoms with Crippen molar-refractivity contribution >= 4 is 17.4 Å². The predicted octanol–water partition coefficient (Wildman–Crippen LogP) is 3.07. The first-order valence-corrected chi connectivity index (χ1v) is 10.4. The molecule has 1 saturated heterocycles. The zero-order chi connectivity index (χ0) is 20.6. The van der Waals surface area contributed by atoms with Gasteiger partial charge in [-0.3, -0.25) is 4.79 Å². The van der Waals surface area contributed by atoms with E-state index in [-0.39, 0.29) is 5.91 Å². The topological polar surface area (TPSA) is 61.8 Å². The molecular weight excluding hydrogens is 366 g/mol. The van der Waals surface area contributed by atoms with Crippen molar-refractivity contribution in [1.82, 2.24) is 15.1 Å². The Balaban J connectivity index is 1.58. The normalized spacial score (nSPS) is 14.0. The Morgan fingerprint density at radius 3 is 2.07 bits per heavy atom. The van der Waals surface area contributed by atoms with Crippen LogP contribution in [0, 0.1) is 0 Å². The lowest BCUT2D eigenvalue weighted by Crippen LogP contribution is -2.47. The average Bonchev–Trinajstić information content (AvgIpc) is 2.79. The smallest absolute Gasteiger partial charge is 0.274 e. The monoisotopic (exact) mass is 397 g/mol. The van der Waals surface area contributed by atoms with Crippen molar-refractivity contribution in [1.29, 1.82) is 0 Å². The second-order valence-electron chi connectivity index (χ2n) is 7.24. The Kier molecular flexibility index (Phi) is 7.27. The highest BCUT2D eigenvalue weighted by Gasteiger charge is 2.20. The van der Waals surface area contributed by atoms with E-state index in [0.29, 0.717) is 5.69 Å². The Hall–Kier alpha value is -2.83. The van der Waals surface area contributed by atoms with Gasteiger partial charge in [-0.15, -0.1) is 10.2 Å². The summed E-state index contributed by atoms with van der Waals surface area (Å²) in [6, 6.07) is 11.9. The number of ether oxygens (including phenoxy) is 1. The van der Waals surface area contributed by atoms with E-state index in [1.807, 2.05) is 23.1 Å². The highest BCUT2D eigenvalue weighted by molar-refractivity contribution is 5.92. The van der Waals surface area contributed by atoms with Crippen LogP contribution in [0.15, 0.2) is 36.4 Å². The fourth-order valence-electron chi connectivity index (χ4n) is 3.61. The summed E-state index contributed by atoms with van der Waals surface area (Å²) in [7, 11) is 1.68. The number of piperazine rings is 1. The Bertz CT molecular complexity index is 765. The number of carbonyl (C=O) groups excluding carboxylic acids is 1. The molecule has 0 atom stereocenters. The minimum Gasteiger partial charge on any atom is -0.497 e. The molecule has 0 aliphatic carbocycles. The van der Waals surface area contributed by atoms with E-state index < -0.39 is 0 Å². The van der Waals surface area contributed by atoms with E-state index in [9.17, 15) is 4.79 Å². The molecular formula is C22H31N5O2. The third-order valence-corrected chi connectivity index (χ3v) is 5.19. The number of hydrogen-bond donors (Lipinski definition) is 0. The first kappa shape index (κ1) is 20.9. The van der Waals surface area contributed by atoms with Crippen molar-refractivity contribution in [2.24, 2.45) is 0 Å². The van der Waals surface area contributed by atoms with Crippen LogP contribution in [0.3, 0.4) is 0 Å². The molecule has 0 spiro atoms. The third-order valence-electron chi connectivity index (χ3n) is 5.19. The second-order valence-corrected chi connectivity index (χ2v) is 7.24. The largest absolute Gasteiger partial charge is 0.497 e. The van der Waals surface area contributed by atoms with Crippen molar-refractivity contribution in [2.45, 2.75) is 26.7 Å². The van der Waals surface area contributed by atoms with Gasteiger partial charge in [0, 0.05) is 45.0 Å². The lowest BCUT2D eigenvalue weighted by molar-refractivity contribution is 0.0748. The van der Waals surface area contributed by atoms with Crippen LogP contribution < -0.4 is 14.5 Å². The Labute approximate surface area is 173 Å². The number of methoxy groups -OCH3 is 1. The molecule has 1 amide bonds. The Morgan fingerprint density at radius 2 is 1.55 bits per heavy atom. The molecule has 0 unspecified atom stereocenters. The fourth-order valence-corrected chi connectivity index (χ4v) is 3.61. The summed E-state index contributed by atoms with van der Waals surface area (Å²) < 4.78 is 5.23. The fraction of sp³-hybridized carbons (Fsp3) is 0.500. The summed E-state index contributed by atoms with van der Waals surface area (Å²) in [6.45, 7) is 9.22. The maximum Gasteiger partial charge on any atom is 0.274 e. The van der Waals surface area contributed by atoms with Gasteiger partial charge in [-0.1, -0.05) is 13.8 Å². The summed E-state index contributed by atoms with van der Waals surface area (Å²) in [5.74, 6) is 1.67. The molecule has 1 aromatic heterocycles. The number of carbonyl (C=O) groups is 1. The molecule has 0 N–H and O–H groups in total. The van der Waals surface area contributed by atoms with E-state index >= 15 is 0 Å². The molecule has 7 heteroatoms. The molecule has 2 aromatic rings. The summed E-state index contributed by atoms with van der Waals surface area (Å²) in [4.78, 5) is 19.1. The molecule has 2 heterocycles. The number of anilines is 2. The maximum atomic E-state index is 12.7. The number of amides is 1. The van der Waals surface area contributed by atoms with Crippen molar-refractivity contribution in [3.8, 4) is 5.75 Å². The van der Waals surface area contributed by atoms with Gasteiger partial charge in [0.1, 0.15) is 5.75 Å². The second kappa shape index (κ2) is 10.1. The lowest BCUT2D eigenvalue weighted by atomic mass is 10.2. The highest BCUT2D eigenvalue weighted by atomic mass is 16.5. The van der Waals surface area contributed by atoms with Gasteiger partial charge in [0.05, 0.1) is 7.11 Å². The molecule has 1 aliphatic rings. The van der Waals surface area contributed by atoms with Crippen LogP contribution >= 0.6 is 0 Å². The predicted molar refractivity (Wildman–Crippen MR) is 116 cm³/mol. The molecule has 3 rings (SSSR count). The molecule has 1 fully saturated rings. The highest BCUT2D eigenvalue weighted by Crippen LogP contribution is 2.22. The van der Waals surface area contributed by atoms with Gasteiger partial charge in [0.2, 0.25) is 0 Å². The maximum absolute atomic E-state index is 12.7. The van der Waals surface area contributed by atoms with Crippen LogP contribution in [0.4, 0.5) is 11.5 Å². The van der Waals surface area contributed by atoms with Crippen LogP contribution in [-0.4, -0.2) is 67.4 Å². The lowest BCUT2D eigenvalue weighted by Gasteiger charge is -2.36. The molecule has 1 aliphatic heterocycles. The first-order chi connectivity index (χ1) is 14.2. The van der Waals surface area contributed by atoms with Crippen LogP contribution in [0.5, 0.6) is 5.75 Å². The summed E-state index contributed by atoms with van der Waals surface area (Å²) in [5.41, 5.74) is 1.62. The SMILES string of the molecule is CCCN(CCC)C(=O)c1ccc(N2CCN(c3ccc(OC)cc3)CC2)nn1. The van der Waals surface area contributed by atoms with Crippen molar-refractivity contribution in [3.05, 3.63) is 42.1 Å². The van der Waals surface area contributed by atoms with Gasteiger partial charge in [-0.05, 0) is 49.2 Å². The third kappa shape index (κ3) is 5.16. The Morgan fingerprint density at radius 1 is 0.931 bits per heavy atom. The quantitative estimate of drug-likeness (QED) is 0.682. The molecule has 0 bridgehead atoms. The van der Waals surface area contributed by atoms with Gasteiger partial charge in [-0.2, -0.15) is 0 Å².